The maximum Gasteiger partial charge on any atom is 0.407 e. The molecule has 1 unspecified atom stereocenters. The number of alkyl carbamates (subject to hydrolysis) is 1. The third kappa shape index (κ3) is 6.26. The number of likely N-dealkylation sites (tertiary alicyclic amines) is 1. The molecule has 7 nitrogen and oxygen atoms in total. The zero-order valence-corrected chi connectivity index (χ0v) is 20.9. The van der Waals surface area contributed by atoms with Crippen LogP contribution in [0, 0.1) is 6.92 Å². The first-order chi connectivity index (χ1) is 13.8. The maximum atomic E-state index is 12.0. The van der Waals surface area contributed by atoms with Gasteiger partial charge in [-0.15, -0.1) is 24.0 Å². The van der Waals surface area contributed by atoms with Gasteiger partial charge in [-0.05, 0) is 51.7 Å². The number of fused-ring (bicyclic) bond motifs is 1. The van der Waals surface area contributed by atoms with Gasteiger partial charge >= 0.3 is 6.09 Å². The Morgan fingerprint density at radius 2 is 2.13 bits per heavy atom. The Balaban J connectivity index is 0.00000320. The van der Waals surface area contributed by atoms with Crippen LogP contribution in [0.5, 0.6) is 0 Å². The Bertz CT molecular complexity index is 887. The average molecular weight is 527 g/mol. The van der Waals surface area contributed by atoms with Crippen molar-refractivity contribution in [2.75, 3.05) is 26.7 Å². The molecule has 1 fully saturated rings. The largest absolute Gasteiger partial charge is 0.444 e. The molecular formula is C22H34IN5O2. The summed E-state index contributed by atoms with van der Waals surface area (Å²) in [7, 11) is 1.80. The molecule has 1 saturated heterocycles. The second kappa shape index (κ2) is 10.4. The van der Waals surface area contributed by atoms with E-state index in [2.05, 4.69) is 56.8 Å². The number of aliphatic imine (C=N–C) groups is 1. The number of aryl methyl sites for hydroxylation is 1. The number of aromatic amines is 1. The van der Waals surface area contributed by atoms with E-state index in [1.165, 1.54) is 22.0 Å². The lowest BCUT2D eigenvalue weighted by atomic mass is 10.1. The SMILES string of the molecule is CN=C(NCCc1c[nH]c2c(C)cccc12)N1CCC(NC(=O)OC(C)(C)C)C1.I. The van der Waals surface area contributed by atoms with Crippen molar-refractivity contribution in [1.29, 1.82) is 0 Å². The Kier molecular flexibility index (Phi) is 8.40. The van der Waals surface area contributed by atoms with Crippen LogP contribution >= 0.6 is 24.0 Å². The number of amides is 1. The minimum atomic E-state index is -0.485. The summed E-state index contributed by atoms with van der Waals surface area (Å²) in [5.74, 6) is 0.870. The summed E-state index contributed by atoms with van der Waals surface area (Å²) in [6, 6.07) is 6.46. The summed E-state index contributed by atoms with van der Waals surface area (Å²) in [4.78, 5) is 22.0. The van der Waals surface area contributed by atoms with E-state index < -0.39 is 5.60 Å². The number of aromatic nitrogens is 1. The third-order valence-corrected chi connectivity index (χ3v) is 5.11. The van der Waals surface area contributed by atoms with Gasteiger partial charge in [-0.25, -0.2) is 4.79 Å². The molecule has 2 heterocycles. The van der Waals surface area contributed by atoms with E-state index in [1.807, 2.05) is 20.8 Å². The Morgan fingerprint density at radius 3 is 2.83 bits per heavy atom. The number of carbonyl (C=O) groups is 1. The summed E-state index contributed by atoms with van der Waals surface area (Å²) in [6.07, 6.45) is 3.53. The zero-order valence-electron chi connectivity index (χ0n) is 18.5. The van der Waals surface area contributed by atoms with E-state index in [4.69, 9.17) is 4.74 Å². The quantitative estimate of drug-likeness (QED) is 0.321. The van der Waals surface area contributed by atoms with Gasteiger partial charge in [0.25, 0.3) is 0 Å². The highest BCUT2D eigenvalue weighted by atomic mass is 127. The molecule has 2 aromatic rings. The van der Waals surface area contributed by atoms with Gasteiger partial charge < -0.3 is 25.3 Å². The van der Waals surface area contributed by atoms with E-state index in [9.17, 15) is 4.79 Å². The molecule has 1 aliphatic rings. The lowest BCUT2D eigenvalue weighted by Crippen LogP contribution is -2.44. The minimum Gasteiger partial charge on any atom is -0.444 e. The van der Waals surface area contributed by atoms with Crippen LogP contribution in [0.2, 0.25) is 0 Å². The lowest BCUT2D eigenvalue weighted by Gasteiger charge is -2.23. The second-order valence-corrected chi connectivity index (χ2v) is 8.61. The molecule has 3 rings (SSSR count). The topological polar surface area (TPSA) is 81.8 Å². The molecule has 1 aliphatic heterocycles. The number of guanidine groups is 1. The smallest absolute Gasteiger partial charge is 0.407 e. The predicted molar refractivity (Wildman–Crippen MR) is 133 cm³/mol. The van der Waals surface area contributed by atoms with Crippen LogP contribution in [-0.2, 0) is 11.2 Å². The van der Waals surface area contributed by atoms with Crippen molar-refractivity contribution < 1.29 is 9.53 Å². The van der Waals surface area contributed by atoms with Crippen LogP contribution in [-0.4, -0.2) is 60.3 Å². The molecule has 1 amide bonds. The van der Waals surface area contributed by atoms with Crippen LogP contribution in [0.4, 0.5) is 4.79 Å². The second-order valence-electron chi connectivity index (χ2n) is 8.61. The van der Waals surface area contributed by atoms with Crippen molar-refractivity contribution in [3.05, 3.63) is 35.5 Å². The number of halogens is 1. The number of benzene rings is 1. The maximum absolute atomic E-state index is 12.0. The van der Waals surface area contributed by atoms with E-state index in [1.54, 1.807) is 7.05 Å². The molecule has 166 valence electrons. The first kappa shape index (κ1) is 24.3. The number of para-hydroxylation sites is 1. The summed E-state index contributed by atoms with van der Waals surface area (Å²) >= 11 is 0. The number of hydrogen-bond acceptors (Lipinski definition) is 3. The van der Waals surface area contributed by atoms with Crippen molar-refractivity contribution in [3.8, 4) is 0 Å². The van der Waals surface area contributed by atoms with Crippen molar-refractivity contribution >= 4 is 46.9 Å². The van der Waals surface area contributed by atoms with Crippen LogP contribution in [0.25, 0.3) is 10.9 Å². The van der Waals surface area contributed by atoms with Crippen LogP contribution in [0.3, 0.4) is 0 Å². The average Bonchev–Trinajstić information content (AvgIpc) is 3.25. The van der Waals surface area contributed by atoms with Crippen molar-refractivity contribution in [1.82, 2.24) is 20.5 Å². The molecule has 0 saturated carbocycles. The molecule has 8 heteroatoms. The Hall–Kier alpha value is -1.97. The molecule has 1 aromatic carbocycles. The standard InChI is InChI=1S/C22H33N5O2.HI/c1-15-7-6-8-18-16(13-25-19(15)18)9-11-24-20(23-5)27-12-10-17(14-27)26-21(28)29-22(2,3)4;/h6-8,13,17,25H,9-12,14H2,1-5H3,(H,23,24)(H,26,28);1H. The minimum absolute atomic E-state index is 0. The van der Waals surface area contributed by atoms with E-state index in [0.717, 1.165) is 38.4 Å². The first-order valence-corrected chi connectivity index (χ1v) is 10.3. The number of rotatable bonds is 4. The molecule has 0 aliphatic carbocycles. The third-order valence-electron chi connectivity index (χ3n) is 5.11. The molecular weight excluding hydrogens is 493 g/mol. The number of H-pyrrole nitrogens is 1. The normalized spacial score (nSPS) is 17.0. The van der Waals surface area contributed by atoms with Gasteiger partial charge in [-0.2, -0.15) is 0 Å². The fourth-order valence-corrected chi connectivity index (χ4v) is 3.76. The first-order valence-electron chi connectivity index (χ1n) is 10.3. The molecule has 0 bridgehead atoms. The number of nitrogens with zero attached hydrogens (tertiary/aromatic N) is 2. The van der Waals surface area contributed by atoms with Crippen LogP contribution in [0.1, 0.15) is 38.3 Å². The van der Waals surface area contributed by atoms with Gasteiger partial charge in [0.15, 0.2) is 5.96 Å². The molecule has 30 heavy (non-hydrogen) atoms. The summed E-state index contributed by atoms with van der Waals surface area (Å²) in [6.45, 7) is 10.1. The zero-order chi connectivity index (χ0) is 21.0. The summed E-state index contributed by atoms with van der Waals surface area (Å²) in [5, 5.41) is 7.70. The number of carbonyl (C=O) groups excluding carboxylic acids is 1. The fraction of sp³-hybridized carbons (Fsp3) is 0.545. The molecule has 1 atom stereocenters. The predicted octanol–water partition coefficient (Wildman–Crippen LogP) is 3.81. The highest BCUT2D eigenvalue weighted by Crippen LogP contribution is 2.21. The van der Waals surface area contributed by atoms with E-state index in [-0.39, 0.29) is 36.1 Å². The Morgan fingerprint density at radius 1 is 1.37 bits per heavy atom. The fourth-order valence-electron chi connectivity index (χ4n) is 3.76. The van der Waals surface area contributed by atoms with Crippen LogP contribution < -0.4 is 10.6 Å². The highest BCUT2D eigenvalue weighted by Gasteiger charge is 2.27. The summed E-state index contributed by atoms with van der Waals surface area (Å²) in [5.41, 5.74) is 3.29. The van der Waals surface area contributed by atoms with Crippen molar-refractivity contribution in [2.45, 2.75) is 52.2 Å². The van der Waals surface area contributed by atoms with Gasteiger partial charge in [0.1, 0.15) is 5.60 Å². The Labute approximate surface area is 196 Å². The van der Waals surface area contributed by atoms with Gasteiger partial charge in [-0.3, -0.25) is 4.99 Å². The van der Waals surface area contributed by atoms with Gasteiger partial charge in [0.05, 0.1) is 6.04 Å². The van der Waals surface area contributed by atoms with Crippen molar-refractivity contribution in [2.24, 2.45) is 4.99 Å². The summed E-state index contributed by atoms with van der Waals surface area (Å²) < 4.78 is 5.35. The molecule has 0 spiro atoms. The van der Waals surface area contributed by atoms with Gasteiger partial charge in [0.2, 0.25) is 0 Å². The van der Waals surface area contributed by atoms with Gasteiger partial charge in [0, 0.05) is 43.8 Å². The molecule has 1 aromatic heterocycles. The number of ether oxygens (including phenoxy) is 1. The van der Waals surface area contributed by atoms with Crippen molar-refractivity contribution in [3.63, 3.8) is 0 Å². The van der Waals surface area contributed by atoms with E-state index in [0.29, 0.717) is 0 Å². The lowest BCUT2D eigenvalue weighted by molar-refractivity contribution is 0.0507. The van der Waals surface area contributed by atoms with Gasteiger partial charge in [-0.1, -0.05) is 18.2 Å². The molecule has 3 N–H and O–H groups in total. The number of nitrogens with one attached hydrogen (secondary N) is 3. The molecule has 0 radical (unpaired) electrons. The van der Waals surface area contributed by atoms with E-state index >= 15 is 0 Å². The number of hydrogen-bond donors (Lipinski definition) is 3. The van der Waals surface area contributed by atoms with Crippen LogP contribution in [0.15, 0.2) is 29.4 Å². The monoisotopic (exact) mass is 527 g/mol. The highest BCUT2D eigenvalue weighted by molar-refractivity contribution is 14.0.